The molecule has 0 aromatic carbocycles. The molecule has 2 heterocycles. The van der Waals surface area contributed by atoms with Gasteiger partial charge < -0.3 is 5.11 Å². The van der Waals surface area contributed by atoms with E-state index in [0.29, 0.717) is 6.54 Å². The second-order valence-corrected chi connectivity index (χ2v) is 7.50. The molecule has 0 unspecified atom stereocenters. The lowest BCUT2D eigenvalue weighted by atomic mass is 10.4. The van der Waals surface area contributed by atoms with E-state index >= 15 is 0 Å². The minimum Gasteiger partial charge on any atom is -0.481 e. The van der Waals surface area contributed by atoms with Gasteiger partial charge in [0.2, 0.25) is 10.0 Å². The molecule has 0 aliphatic heterocycles. The van der Waals surface area contributed by atoms with Crippen molar-refractivity contribution in [2.24, 2.45) is 0 Å². The molecule has 0 spiro atoms. The van der Waals surface area contributed by atoms with Crippen LogP contribution in [0.2, 0.25) is 0 Å². The van der Waals surface area contributed by atoms with Gasteiger partial charge in [-0.05, 0) is 11.4 Å². The van der Waals surface area contributed by atoms with Crippen molar-refractivity contribution in [3.8, 4) is 0 Å². The second-order valence-electron chi connectivity index (χ2n) is 4.42. The topological polar surface area (TPSA) is 92.5 Å². The quantitative estimate of drug-likeness (QED) is 0.825. The third-order valence-electron chi connectivity index (χ3n) is 2.83. The molecule has 9 heteroatoms. The zero-order valence-electron chi connectivity index (χ0n) is 11.3. The van der Waals surface area contributed by atoms with E-state index in [1.54, 1.807) is 0 Å². The molecule has 2 rings (SSSR count). The molecule has 2 aromatic heterocycles. The molecule has 21 heavy (non-hydrogen) atoms. The number of hydrogen-bond acceptors (Lipinski definition) is 5. The Morgan fingerprint density at radius 1 is 1.52 bits per heavy atom. The van der Waals surface area contributed by atoms with Gasteiger partial charge in [-0.2, -0.15) is 9.40 Å². The molecule has 0 aliphatic carbocycles. The predicted molar refractivity (Wildman–Crippen MR) is 77.5 cm³/mol. The Labute approximate surface area is 126 Å². The number of sulfonamides is 1. The van der Waals surface area contributed by atoms with Gasteiger partial charge in [-0.1, -0.05) is 6.07 Å². The van der Waals surface area contributed by atoms with Crippen molar-refractivity contribution in [1.29, 1.82) is 0 Å². The highest BCUT2D eigenvalue weighted by atomic mass is 32.2. The first kappa shape index (κ1) is 15.7. The fraction of sp³-hybridized carbons (Fsp3) is 0.333. The average Bonchev–Trinajstić information content (AvgIpc) is 3.07. The monoisotopic (exact) mass is 329 g/mol. The van der Waals surface area contributed by atoms with Crippen molar-refractivity contribution in [3.05, 3.63) is 34.8 Å². The molecular formula is C12H15N3O4S2. The maximum Gasteiger partial charge on any atom is 0.305 e. The van der Waals surface area contributed by atoms with E-state index in [1.807, 2.05) is 17.5 Å². The molecule has 0 atom stereocenters. The Morgan fingerprint density at radius 2 is 2.29 bits per heavy atom. The largest absolute Gasteiger partial charge is 0.481 e. The van der Waals surface area contributed by atoms with Crippen LogP contribution in [-0.4, -0.2) is 40.6 Å². The van der Waals surface area contributed by atoms with Gasteiger partial charge in [0, 0.05) is 24.7 Å². The Hall–Kier alpha value is -1.71. The summed E-state index contributed by atoms with van der Waals surface area (Å²) in [5, 5.41) is 14.4. The van der Waals surface area contributed by atoms with Gasteiger partial charge in [-0.15, -0.1) is 11.3 Å². The summed E-state index contributed by atoms with van der Waals surface area (Å²) in [6, 6.07) is 3.73. The van der Waals surface area contributed by atoms with Crippen LogP contribution in [0.25, 0.3) is 0 Å². The molecule has 0 radical (unpaired) electrons. The van der Waals surface area contributed by atoms with Crippen molar-refractivity contribution in [3.63, 3.8) is 0 Å². The summed E-state index contributed by atoms with van der Waals surface area (Å²) in [7, 11) is -2.12. The highest BCUT2D eigenvalue weighted by Crippen LogP contribution is 2.18. The predicted octanol–water partition coefficient (Wildman–Crippen LogP) is 1.24. The summed E-state index contributed by atoms with van der Waals surface area (Å²) in [6.45, 7) is 0.430. The van der Waals surface area contributed by atoms with Crippen molar-refractivity contribution in [2.75, 3.05) is 7.05 Å². The first-order chi connectivity index (χ1) is 9.89. The Morgan fingerprint density at radius 3 is 2.90 bits per heavy atom. The summed E-state index contributed by atoms with van der Waals surface area (Å²) in [5.41, 5.74) is 0. The maximum absolute atomic E-state index is 12.4. The summed E-state index contributed by atoms with van der Waals surface area (Å²) < 4.78 is 27.3. The molecule has 0 saturated heterocycles. The highest BCUT2D eigenvalue weighted by molar-refractivity contribution is 7.89. The van der Waals surface area contributed by atoms with E-state index < -0.39 is 16.0 Å². The van der Waals surface area contributed by atoms with Crippen LogP contribution in [0.3, 0.4) is 0 Å². The Kier molecular flexibility index (Phi) is 4.76. The third-order valence-corrected chi connectivity index (χ3v) is 5.45. The standard InChI is InChI=1S/C12H15N3O4S2/c1-14(8-10-3-2-6-20-10)21(18,19)11-7-13-15(9-11)5-4-12(16)17/h2-3,6-7,9H,4-5,8H2,1H3,(H,16,17). The first-order valence-corrected chi connectivity index (χ1v) is 8.44. The van der Waals surface area contributed by atoms with Gasteiger partial charge >= 0.3 is 5.97 Å². The number of rotatable bonds is 7. The van der Waals surface area contributed by atoms with Crippen LogP contribution in [0, 0.1) is 0 Å². The number of thiophene rings is 1. The van der Waals surface area contributed by atoms with Crippen molar-refractivity contribution in [1.82, 2.24) is 14.1 Å². The lowest BCUT2D eigenvalue weighted by molar-refractivity contribution is -0.137. The molecule has 1 N–H and O–H groups in total. The van der Waals surface area contributed by atoms with Gasteiger partial charge in [0.25, 0.3) is 0 Å². The number of carboxylic acids is 1. The molecule has 0 bridgehead atoms. The van der Waals surface area contributed by atoms with Crippen LogP contribution < -0.4 is 0 Å². The minimum absolute atomic E-state index is 0.0620. The van der Waals surface area contributed by atoms with Crippen LogP contribution in [0.5, 0.6) is 0 Å². The highest BCUT2D eigenvalue weighted by Gasteiger charge is 2.23. The normalized spacial score (nSPS) is 11.9. The SMILES string of the molecule is CN(Cc1cccs1)S(=O)(=O)c1cnn(CCC(=O)O)c1. The van der Waals surface area contributed by atoms with Crippen LogP contribution in [-0.2, 0) is 27.9 Å². The van der Waals surface area contributed by atoms with E-state index in [4.69, 9.17) is 5.11 Å². The maximum atomic E-state index is 12.4. The zero-order valence-corrected chi connectivity index (χ0v) is 13.0. The molecular weight excluding hydrogens is 314 g/mol. The van der Waals surface area contributed by atoms with Gasteiger partial charge in [0.05, 0.1) is 19.2 Å². The summed E-state index contributed by atoms with van der Waals surface area (Å²) in [4.78, 5) is 11.5. The number of carboxylic acid groups (broad SMARTS) is 1. The van der Waals surface area contributed by atoms with Crippen LogP contribution in [0.15, 0.2) is 34.8 Å². The van der Waals surface area contributed by atoms with Crippen LogP contribution >= 0.6 is 11.3 Å². The fourth-order valence-electron chi connectivity index (χ4n) is 1.70. The van der Waals surface area contributed by atoms with Gasteiger partial charge in [0.1, 0.15) is 4.90 Å². The average molecular weight is 329 g/mol. The number of carbonyl (C=O) groups is 1. The number of aliphatic carboxylic acids is 1. The molecule has 0 fully saturated rings. The van der Waals surface area contributed by atoms with E-state index in [1.165, 1.54) is 39.8 Å². The van der Waals surface area contributed by atoms with Crippen LogP contribution in [0.4, 0.5) is 0 Å². The molecule has 0 aliphatic rings. The third kappa shape index (κ3) is 3.90. The smallest absolute Gasteiger partial charge is 0.305 e. The number of aromatic nitrogens is 2. The first-order valence-electron chi connectivity index (χ1n) is 6.12. The molecule has 7 nitrogen and oxygen atoms in total. The van der Waals surface area contributed by atoms with Crippen molar-refractivity contribution < 1.29 is 18.3 Å². The molecule has 114 valence electrons. The summed E-state index contributed by atoms with van der Waals surface area (Å²) >= 11 is 1.49. The van der Waals surface area contributed by atoms with Crippen molar-refractivity contribution >= 4 is 27.3 Å². The summed E-state index contributed by atoms with van der Waals surface area (Å²) in [6.07, 6.45) is 2.48. The zero-order chi connectivity index (χ0) is 15.5. The summed E-state index contributed by atoms with van der Waals surface area (Å²) in [5.74, 6) is -0.954. The second kappa shape index (κ2) is 6.37. The molecule has 0 saturated carbocycles. The molecule has 0 amide bonds. The van der Waals surface area contributed by atoms with E-state index in [9.17, 15) is 13.2 Å². The van der Waals surface area contributed by atoms with E-state index in [0.717, 1.165) is 4.88 Å². The van der Waals surface area contributed by atoms with E-state index in [-0.39, 0.29) is 17.9 Å². The number of hydrogen-bond donors (Lipinski definition) is 1. The van der Waals surface area contributed by atoms with Gasteiger partial charge in [-0.3, -0.25) is 9.48 Å². The lowest BCUT2D eigenvalue weighted by Gasteiger charge is -2.14. The fourth-order valence-corrected chi connectivity index (χ4v) is 3.64. The van der Waals surface area contributed by atoms with Crippen LogP contribution in [0.1, 0.15) is 11.3 Å². The van der Waals surface area contributed by atoms with E-state index in [2.05, 4.69) is 5.10 Å². The van der Waals surface area contributed by atoms with Gasteiger partial charge in [0.15, 0.2) is 0 Å². The molecule has 2 aromatic rings. The minimum atomic E-state index is -3.62. The van der Waals surface area contributed by atoms with Crippen molar-refractivity contribution in [2.45, 2.75) is 24.4 Å². The Bertz CT molecular complexity index is 707. The Balaban J connectivity index is 2.10. The lowest BCUT2D eigenvalue weighted by Crippen LogP contribution is -2.25. The number of aryl methyl sites for hydroxylation is 1. The number of nitrogens with zero attached hydrogens (tertiary/aromatic N) is 3. The van der Waals surface area contributed by atoms with Gasteiger partial charge in [-0.25, -0.2) is 8.42 Å².